The van der Waals surface area contributed by atoms with E-state index in [-0.39, 0.29) is 11.4 Å². The maximum absolute atomic E-state index is 13.6. The molecule has 2 nitrogen and oxygen atoms in total. The van der Waals surface area contributed by atoms with Crippen molar-refractivity contribution in [2.45, 2.75) is 19.1 Å². The molecule has 0 aliphatic rings. The molecule has 0 aliphatic carbocycles. The van der Waals surface area contributed by atoms with Gasteiger partial charge in [-0.15, -0.1) is 0 Å². The van der Waals surface area contributed by atoms with Gasteiger partial charge in [-0.25, -0.2) is 4.39 Å². The number of hydrogen-bond donors (Lipinski definition) is 2. The average molecular weight is 299 g/mol. The largest absolute Gasteiger partial charge is 0.508 e. The number of phenolic OH excluding ortho intramolecular Hbond substituents is 1. The Morgan fingerprint density at radius 3 is 2.38 bits per heavy atom. The molecule has 2 aromatic carbocycles. The van der Waals surface area contributed by atoms with Gasteiger partial charge in [-0.2, -0.15) is 13.2 Å². The molecule has 0 radical (unpaired) electrons. The molecule has 2 rings (SSSR count). The molecule has 0 spiro atoms. The Morgan fingerprint density at radius 1 is 1.10 bits per heavy atom. The van der Waals surface area contributed by atoms with Gasteiger partial charge < -0.3 is 10.4 Å². The van der Waals surface area contributed by atoms with E-state index in [9.17, 15) is 22.7 Å². The molecule has 0 fully saturated rings. The topological polar surface area (TPSA) is 32.3 Å². The summed E-state index contributed by atoms with van der Waals surface area (Å²) in [4.78, 5) is 0. The average Bonchev–Trinajstić information content (AvgIpc) is 2.40. The van der Waals surface area contributed by atoms with E-state index >= 15 is 0 Å². The number of halogens is 4. The lowest BCUT2D eigenvalue weighted by molar-refractivity contribution is -0.137. The lowest BCUT2D eigenvalue weighted by Crippen LogP contribution is -2.11. The predicted molar refractivity (Wildman–Crippen MR) is 71.5 cm³/mol. The first kappa shape index (κ1) is 15.2. The third kappa shape index (κ3) is 3.45. The fraction of sp³-hybridized carbons (Fsp3) is 0.200. The number of rotatable bonds is 3. The SMILES string of the molecule is CC(Nc1cc(C(F)(F)F)ccc1F)c1ccccc1O. The summed E-state index contributed by atoms with van der Waals surface area (Å²) in [6, 6.07) is 7.98. The van der Waals surface area contributed by atoms with Crippen LogP contribution >= 0.6 is 0 Å². The number of nitrogens with one attached hydrogen (secondary N) is 1. The van der Waals surface area contributed by atoms with E-state index in [0.29, 0.717) is 17.7 Å². The van der Waals surface area contributed by atoms with Gasteiger partial charge >= 0.3 is 6.18 Å². The third-order valence-electron chi connectivity index (χ3n) is 3.07. The van der Waals surface area contributed by atoms with Crippen molar-refractivity contribution in [3.8, 4) is 5.75 Å². The summed E-state index contributed by atoms with van der Waals surface area (Å²) in [7, 11) is 0. The number of hydrogen-bond acceptors (Lipinski definition) is 2. The summed E-state index contributed by atoms with van der Waals surface area (Å²) in [5, 5.41) is 12.3. The fourth-order valence-corrected chi connectivity index (χ4v) is 1.98. The zero-order valence-corrected chi connectivity index (χ0v) is 11.1. The first-order valence-electron chi connectivity index (χ1n) is 6.20. The van der Waals surface area contributed by atoms with Crippen LogP contribution in [-0.4, -0.2) is 5.11 Å². The maximum atomic E-state index is 13.6. The molecule has 1 atom stereocenters. The van der Waals surface area contributed by atoms with Crippen LogP contribution in [-0.2, 0) is 6.18 Å². The Hall–Kier alpha value is -2.24. The zero-order valence-electron chi connectivity index (χ0n) is 11.1. The van der Waals surface area contributed by atoms with Gasteiger partial charge in [0.2, 0.25) is 0 Å². The van der Waals surface area contributed by atoms with Crippen LogP contribution in [0.4, 0.5) is 23.2 Å². The third-order valence-corrected chi connectivity index (χ3v) is 3.07. The van der Waals surface area contributed by atoms with Crippen LogP contribution in [0.25, 0.3) is 0 Å². The lowest BCUT2D eigenvalue weighted by Gasteiger charge is -2.18. The van der Waals surface area contributed by atoms with Crippen molar-refractivity contribution >= 4 is 5.69 Å². The Kier molecular flexibility index (Phi) is 4.06. The minimum atomic E-state index is -4.54. The van der Waals surface area contributed by atoms with E-state index in [2.05, 4.69) is 5.32 Å². The highest BCUT2D eigenvalue weighted by Gasteiger charge is 2.31. The minimum Gasteiger partial charge on any atom is -0.508 e. The first-order chi connectivity index (χ1) is 9.79. The van der Waals surface area contributed by atoms with Gasteiger partial charge in [-0.05, 0) is 31.2 Å². The number of alkyl halides is 3. The second-order valence-corrected chi connectivity index (χ2v) is 4.62. The van der Waals surface area contributed by atoms with Gasteiger partial charge in [-0.3, -0.25) is 0 Å². The van der Waals surface area contributed by atoms with E-state index in [1.807, 2.05) is 0 Å². The molecule has 0 bridgehead atoms. The van der Waals surface area contributed by atoms with Crippen molar-refractivity contribution in [2.75, 3.05) is 5.32 Å². The summed E-state index contributed by atoms with van der Waals surface area (Å²) in [6.45, 7) is 1.62. The van der Waals surface area contributed by atoms with Crippen LogP contribution in [0.15, 0.2) is 42.5 Å². The summed E-state index contributed by atoms with van der Waals surface area (Å²) in [5.41, 5.74) is -0.731. The summed E-state index contributed by atoms with van der Waals surface area (Å²) < 4.78 is 51.5. The van der Waals surface area contributed by atoms with Crippen molar-refractivity contribution in [1.29, 1.82) is 0 Å². The Balaban J connectivity index is 2.29. The predicted octanol–water partition coefficient (Wildman–Crippen LogP) is 4.72. The number of phenols is 1. The number of benzene rings is 2. The molecular weight excluding hydrogens is 286 g/mol. The zero-order chi connectivity index (χ0) is 15.6. The van der Waals surface area contributed by atoms with Gasteiger partial charge in [0.15, 0.2) is 0 Å². The normalized spacial score (nSPS) is 13.0. The van der Waals surface area contributed by atoms with E-state index < -0.39 is 23.6 Å². The van der Waals surface area contributed by atoms with Crippen molar-refractivity contribution < 1.29 is 22.7 Å². The molecule has 2 aromatic rings. The van der Waals surface area contributed by atoms with Crippen molar-refractivity contribution in [2.24, 2.45) is 0 Å². The van der Waals surface area contributed by atoms with E-state index in [1.54, 1.807) is 25.1 Å². The van der Waals surface area contributed by atoms with Gasteiger partial charge in [0, 0.05) is 5.56 Å². The molecule has 21 heavy (non-hydrogen) atoms. The lowest BCUT2D eigenvalue weighted by atomic mass is 10.1. The monoisotopic (exact) mass is 299 g/mol. The highest BCUT2D eigenvalue weighted by molar-refractivity contribution is 5.51. The van der Waals surface area contributed by atoms with Gasteiger partial charge in [0.25, 0.3) is 0 Å². The van der Waals surface area contributed by atoms with Crippen LogP contribution in [0.1, 0.15) is 24.1 Å². The van der Waals surface area contributed by atoms with E-state index in [1.165, 1.54) is 6.07 Å². The minimum absolute atomic E-state index is 0.00937. The van der Waals surface area contributed by atoms with E-state index in [4.69, 9.17) is 0 Å². The smallest absolute Gasteiger partial charge is 0.416 e. The molecule has 112 valence electrons. The van der Waals surface area contributed by atoms with Gasteiger partial charge in [0.1, 0.15) is 11.6 Å². The van der Waals surface area contributed by atoms with Crippen LogP contribution < -0.4 is 5.32 Å². The molecule has 0 amide bonds. The van der Waals surface area contributed by atoms with Crippen LogP contribution in [0, 0.1) is 5.82 Å². The van der Waals surface area contributed by atoms with Crippen molar-refractivity contribution in [1.82, 2.24) is 0 Å². The van der Waals surface area contributed by atoms with Crippen molar-refractivity contribution in [3.05, 3.63) is 59.4 Å². The second-order valence-electron chi connectivity index (χ2n) is 4.62. The van der Waals surface area contributed by atoms with E-state index in [0.717, 1.165) is 6.07 Å². The summed E-state index contributed by atoms with van der Waals surface area (Å²) >= 11 is 0. The van der Waals surface area contributed by atoms with Crippen LogP contribution in [0.5, 0.6) is 5.75 Å². The maximum Gasteiger partial charge on any atom is 0.416 e. The summed E-state index contributed by atoms with van der Waals surface area (Å²) in [5.74, 6) is -0.796. The molecule has 6 heteroatoms. The first-order valence-corrected chi connectivity index (χ1v) is 6.20. The van der Waals surface area contributed by atoms with Crippen LogP contribution in [0.2, 0.25) is 0 Å². The number of aromatic hydroxyl groups is 1. The van der Waals surface area contributed by atoms with Gasteiger partial charge in [0.05, 0.1) is 17.3 Å². The molecule has 1 unspecified atom stereocenters. The molecular formula is C15H13F4NO. The highest BCUT2D eigenvalue weighted by atomic mass is 19.4. The Labute approximate surface area is 119 Å². The molecule has 0 aliphatic heterocycles. The molecule has 0 saturated carbocycles. The van der Waals surface area contributed by atoms with Crippen LogP contribution in [0.3, 0.4) is 0 Å². The summed E-state index contributed by atoms with van der Waals surface area (Å²) in [6.07, 6.45) is -4.54. The Morgan fingerprint density at radius 2 is 1.76 bits per heavy atom. The fourth-order valence-electron chi connectivity index (χ4n) is 1.98. The Bertz CT molecular complexity index is 640. The quantitative estimate of drug-likeness (QED) is 0.803. The molecule has 0 saturated heterocycles. The molecule has 2 N–H and O–H groups in total. The number of para-hydroxylation sites is 1. The number of anilines is 1. The molecule has 0 aromatic heterocycles. The van der Waals surface area contributed by atoms with Gasteiger partial charge in [-0.1, -0.05) is 18.2 Å². The second kappa shape index (κ2) is 5.63. The standard InChI is InChI=1S/C15H13F4NO/c1-9(11-4-2-3-5-14(11)21)20-13-8-10(15(17,18)19)6-7-12(13)16/h2-9,20-21H,1H3. The molecule has 0 heterocycles. The van der Waals surface area contributed by atoms with Crippen molar-refractivity contribution in [3.63, 3.8) is 0 Å². The highest BCUT2D eigenvalue weighted by Crippen LogP contribution is 2.33.